The Morgan fingerprint density at radius 3 is 2.24 bits per heavy atom. The molecule has 0 saturated carbocycles. The van der Waals surface area contributed by atoms with Crippen LogP contribution in [0.15, 0.2) is 12.1 Å². The molecule has 0 radical (unpaired) electrons. The van der Waals surface area contributed by atoms with Gasteiger partial charge in [0.05, 0.1) is 12.6 Å². The summed E-state index contributed by atoms with van der Waals surface area (Å²) in [4.78, 5) is 0. The number of nitrogens with one attached hydrogen (secondary N) is 1. The Hall–Kier alpha value is -0.860. The molecule has 0 bridgehead atoms. The lowest BCUT2D eigenvalue weighted by atomic mass is 9.94. The number of ether oxygens (including phenoxy) is 1. The lowest BCUT2D eigenvalue weighted by molar-refractivity contribution is 0.108. The average Bonchev–Trinajstić information content (AvgIpc) is 2.41. The molecule has 120 valence electrons. The lowest BCUT2D eigenvalue weighted by Gasteiger charge is -2.23. The first-order valence-electron chi connectivity index (χ1n) is 8.49. The normalized spacial score (nSPS) is 12.6. The second-order valence-corrected chi connectivity index (χ2v) is 6.06. The molecule has 0 amide bonds. The SMILES string of the molecule is CCCCCCOCC(NCC)c1c(C)cc(C)cc1C. The molecule has 0 heterocycles. The quantitative estimate of drug-likeness (QED) is 0.622. The largest absolute Gasteiger partial charge is 0.379 e. The summed E-state index contributed by atoms with van der Waals surface area (Å²) < 4.78 is 5.93. The van der Waals surface area contributed by atoms with Crippen molar-refractivity contribution in [1.82, 2.24) is 5.32 Å². The molecule has 2 nitrogen and oxygen atoms in total. The monoisotopic (exact) mass is 291 g/mol. The van der Waals surface area contributed by atoms with Crippen molar-refractivity contribution < 1.29 is 4.74 Å². The van der Waals surface area contributed by atoms with Gasteiger partial charge in [0.1, 0.15) is 0 Å². The number of aryl methyl sites for hydroxylation is 3. The third kappa shape index (κ3) is 6.19. The highest BCUT2D eigenvalue weighted by molar-refractivity contribution is 5.39. The second kappa shape index (κ2) is 9.97. The highest BCUT2D eigenvalue weighted by Gasteiger charge is 2.15. The zero-order chi connectivity index (χ0) is 15.7. The average molecular weight is 291 g/mol. The Balaban J connectivity index is 2.61. The minimum Gasteiger partial charge on any atom is -0.379 e. The van der Waals surface area contributed by atoms with E-state index < -0.39 is 0 Å². The summed E-state index contributed by atoms with van der Waals surface area (Å²) in [6.07, 6.45) is 5.06. The van der Waals surface area contributed by atoms with Gasteiger partial charge < -0.3 is 10.1 Å². The van der Waals surface area contributed by atoms with Crippen molar-refractivity contribution in [2.75, 3.05) is 19.8 Å². The molecule has 2 heteroatoms. The molecule has 0 aliphatic heterocycles. The molecule has 0 fully saturated rings. The molecule has 0 spiro atoms. The maximum Gasteiger partial charge on any atom is 0.0661 e. The maximum absolute atomic E-state index is 5.93. The number of unbranched alkanes of at least 4 members (excludes halogenated alkanes) is 3. The summed E-state index contributed by atoms with van der Waals surface area (Å²) >= 11 is 0. The topological polar surface area (TPSA) is 21.3 Å². The number of hydrogen-bond acceptors (Lipinski definition) is 2. The summed E-state index contributed by atoms with van der Waals surface area (Å²) in [6.45, 7) is 13.6. The van der Waals surface area contributed by atoms with Crippen LogP contribution >= 0.6 is 0 Å². The van der Waals surface area contributed by atoms with Crippen molar-refractivity contribution in [3.05, 3.63) is 34.4 Å². The summed E-state index contributed by atoms with van der Waals surface area (Å²) in [5.74, 6) is 0. The van der Waals surface area contributed by atoms with E-state index in [1.165, 1.54) is 47.9 Å². The third-order valence-corrected chi connectivity index (χ3v) is 3.96. The van der Waals surface area contributed by atoms with Gasteiger partial charge in [0, 0.05) is 6.61 Å². The van der Waals surface area contributed by atoms with Crippen molar-refractivity contribution >= 4 is 0 Å². The van der Waals surface area contributed by atoms with E-state index in [2.05, 4.69) is 52.1 Å². The Kier molecular flexibility index (Phi) is 8.63. The Labute approximate surface area is 131 Å². The van der Waals surface area contributed by atoms with Crippen molar-refractivity contribution in [3.63, 3.8) is 0 Å². The fourth-order valence-electron chi connectivity index (χ4n) is 3.06. The molecule has 0 aromatic heterocycles. The van der Waals surface area contributed by atoms with Crippen LogP contribution in [0.5, 0.6) is 0 Å². The Bertz CT molecular complexity index is 391. The predicted molar refractivity (Wildman–Crippen MR) is 92.0 cm³/mol. The van der Waals surface area contributed by atoms with Gasteiger partial charge in [-0.05, 0) is 50.4 Å². The maximum atomic E-state index is 5.93. The van der Waals surface area contributed by atoms with Crippen LogP contribution in [0.2, 0.25) is 0 Å². The van der Waals surface area contributed by atoms with Gasteiger partial charge in [-0.15, -0.1) is 0 Å². The number of benzene rings is 1. The highest BCUT2D eigenvalue weighted by atomic mass is 16.5. The molecule has 0 saturated heterocycles. The van der Waals surface area contributed by atoms with Crippen molar-refractivity contribution in [3.8, 4) is 0 Å². The lowest BCUT2D eigenvalue weighted by Crippen LogP contribution is -2.27. The molecular formula is C19H33NO. The van der Waals surface area contributed by atoms with E-state index in [0.29, 0.717) is 6.04 Å². The fraction of sp³-hybridized carbons (Fsp3) is 0.684. The summed E-state index contributed by atoms with van der Waals surface area (Å²) in [5, 5.41) is 3.58. The molecule has 1 unspecified atom stereocenters. The molecule has 0 aliphatic rings. The van der Waals surface area contributed by atoms with E-state index in [-0.39, 0.29) is 0 Å². The molecular weight excluding hydrogens is 258 g/mol. The minimum atomic E-state index is 0.307. The number of hydrogen-bond donors (Lipinski definition) is 1. The molecule has 21 heavy (non-hydrogen) atoms. The molecule has 1 rings (SSSR count). The highest BCUT2D eigenvalue weighted by Crippen LogP contribution is 2.24. The van der Waals surface area contributed by atoms with Gasteiger partial charge in [-0.1, -0.05) is 50.8 Å². The summed E-state index contributed by atoms with van der Waals surface area (Å²) in [7, 11) is 0. The fourth-order valence-corrected chi connectivity index (χ4v) is 3.06. The molecule has 0 aliphatic carbocycles. The van der Waals surface area contributed by atoms with Gasteiger partial charge in [0.25, 0.3) is 0 Å². The standard InChI is InChI=1S/C19H33NO/c1-6-8-9-10-11-21-14-18(20-7-2)19-16(4)12-15(3)13-17(19)5/h12-13,18,20H,6-11,14H2,1-5H3. The summed E-state index contributed by atoms with van der Waals surface area (Å²) in [5.41, 5.74) is 5.49. The Morgan fingerprint density at radius 2 is 1.67 bits per heavy atom. The van der Waals surface area contributed by atoms with E-state index >= 15 is 0 Å². The van der Waals surface area contributed by atoms with Gasteiger partial charge in [0.2, 0.25) is 0 Å². The molecule has 1 atom stereocenters. The van der Waals surface area contributed by atoms with Crippen LogP contribution in [0.4, 0.5) is 0 Å². The van der Waals surface area contributed by atoms with Gasteiger partial charge in [-0.25, -0.2) is 0 Å². The van der Waals surface area contributed by atoms with E-state index in [1.807, 2.05) is 0 Å². The smallest absolute Gasteiger partial charge is 0.0661 e. The van der Waals surface area contributed by atoms with E-state index in [1.54, 1.807) is 0 Å². The zero-order valence-electron chi connectivity index (χ0n) is 14.6. The van der Waals surface area contributed by atoms with Crippen LogP contribution in [-0.4, -0.2) is 19.8 Å². The van der Waals surface area contributed by atoms with E-state index in [4.69, 9.17) is 4.74 Å². The molecule has 1 N–H and O–H groups in total. The van der Waals surface area contributed by atoms with Crippen LogP contribution < -0.4 is 5.32 Å². The van der Waals surface area contributed by atoms with Crippen LogP contribution in [0.1, 0.15) is 67.8 Å². The van der Waals surface area contributed by atoms with E-state index in [0.717, 1.165) is 19.8 Å². The number of likely N-dealkylation sites (N-methyl/N-ethyl adjacent to an activating group) is 1. The van der Waals surface area contributed by atoms with Gasteiger partial charge >= 0.3 is 0 Å². The first kappa shape index (κ1) is 18.2. The first-order chi connectivity index (χ1) is 10.1. The minimum absolute atomic E-state index is 0.307. The molecule has 1 aromatic rings. The third-order valence-electron chi connectivity index (χ3n) is 3.96. The van der Waals surface area contributed by atoms with Crippen molar-refractivity contribution in [1.29, 1.82) is 0 Å². The second-order valence-electron chi connectivity index (χ2n) is 6.06. The molecule has 1 aromatic carbocycles. The first-order valence-corrected chi connectivity index (χ1v) is 8.49. The van der Waals surface area contributed by atoms with Crippen molar-refractivity contribution in [2.24, 2.45) is 0 Å². The van der Waals surface area contributed by atoms with Crippen LogP contribution in [0.25, 0.3) is 0 Å². The number of rotatable bonds is 10. The van der Waals surface area contributed by atoms with E-state index in [9.17, 15) is 0 Å². The van der Waals surface area contributed by atoms with Gasteiger partial charge in [0.15, 0.2) is 0 Å². The van der Waals surface area contributed by atoms with Crippen LogP contribution in [0, 0.1) is 20.8 Å². The Morgan fingerprint density at radius 1 is 1.00 bits per heavy atom. The van der Waals surface area contributed by atoms with Crippen molar-refractivity contribution in [2.45, 2.75) is 66.3 Å². The van der Waals surface area contributed by atoms with Crippen LogP contribution in [-0.2, 0) is 4.74 Å². The zero-order valence-corrected chi connectivity index (χ0v) is 14.6. The van der Waals surface area contributed by atoms with Gasteiger partial charge in [-0.2, -0.15) is 0 Å². The summed E-state index contributed by atoms with van der Waals surface area (Å²) in [6, 6.07) is 4.85. The predicted octanol–water partition coefficient (Wildman–Crippen LogP) is 4.86. The van der Waals surface area contributed by atoms with Crippen LogP contribution in [0.3, 0.4) is 0 Å². The van der Waals surface area contributed by atoms with Gasteiger partial charge in [-0.3, -0.25) is 0 Å².